The first-order chi connectivity index (χ1) is 34.2. The summed E-state index contributed by atoms with van der Waals surface area (Å²) in [6.07, 6.45) is 0. The molecule has 7 heteroatoms. The smallest absolute Gasteiger partial charge is 0.220 e. The van der Waals surface area contributed by atoms with Crippen molar-refractivity contribution < 1.29 is 4.42 Å². The van der Waals surface area contributed by atoms with Crippen molar-refractivity contribution in [2.75, 3.05) is 0 Å². The van der Waals surface area contributed by atoms with Gasteiger partial charge in [0.15, 0.2) is 5.58 Å². The summed E-state index contributed by atoms with van der Waals surface area (Å²) < 4.78 is 16.3. The molecule has 0 radical (unpaired) electrons. The second kappa shape index (κ2) is 14.3. The third-order valence-corrected chi connectivity index (χ3v) is 16.6. The fraction of sp³-hybridized carbons (Fsp3) is 0. The number of para-hydroxylation sites is 2. The van der Waals surface area contributed by atoms with Crippen LogP contribution in [0.4, 0.5) is 5.69 Å². The van der Waals surface area contributed by atoms with Crippen LogP contribution in [0.15, 0.2) is 199 Å². The molecule has 0 spiro atoms. The molecular weight excluding hydrogens is 881 g/mol. The standard InChI is InChI=1S/C62H32N4OS2/c1-64-54-52(35-16-4-2-5-17-35)47(34-63)55(65-48-24-12-8-20-37(48)41-28-31-44-38-21-9-13-25-49(38)67-60(44)56(41)65)53(36-18-6-3-7-19-36)59(54)66-57-42(29-32-45-39-22-10-14-26-50(39)68-61(45)57)43-30-33-46-40-23-11-15-27-51(40)69-62(46)58(43)66/h2-33H. The molecule has 69 heavy (non-hydrogen) atoms. The van der Waals surface area contributed by atoms with Crippen LogP contribution in [-0.2, 0) is 0 Å². The molecule has 0 saturated heterocycles. The van der Waals surface area contributed by atoms with Crippen molar-refractivity contribution >= 4 is 134 Å². The van der Waals surface area contributed by atoms with Crippen LogP contribution in [-0.4, -0.2) is 9.13 Å². The van der Waals surface area contributed by atoms with E-state index in [4.69, 9.17) is 4.42 Å². The average Bonchev–Trinajstić information content (AvgIpc) is 4.23. The van der Waals surface area contributed by atoms with E-state index in [2.05, 4.69) is 160 Å². The molecule has 0 bridgehead atoms. The molecule has 0 aliphatic rings. The molecule has 0 saturated carbocycles. The quantitative estimate of drug-likeness (QED) is 0.165. The van der Waals surface area contributed by atoms with E-state index in [9.17, 15) is 11.8 Å². The Hall–Kier alpha value is -8.98. The summed E-state index contributed by atoms with van der Waals surface area (Å²) in [5.74, 6) is 0. The van der Waals surface area contributed by atoms with Gasteiger partial charge in [-0.1, -0.05) is 164 Å². The zero-order valence-corrected chi connectivity index (χ0v) is 38.1. The Bertz CT molecular complexity index is 4670. The van der Waals surface area contributed by atoms with Crippen molar-refractivity contribution in [3.8, 4) is 39.7 Å². The largest absolute Gasteiger partial charge is 0.454 e. The summed E-state index contributed by atoms with van der Waals surface area (Å²) in [5.41, 5.74) is 10.6. The van der Waals surface area contributed by atoms with E-state index >= 15 is 0 Å². The first-order valence-electron chi connectivity index (χ1n) is 22.9. The number of thiophene rings is 2. The van der Waals surface area contributed by atoms with E-state index in [0.717, 1.165) is 108 Å². The minimum Gasteiger partial charge on any atom is -0.454 e. The summed E-state index contributed by atoms with van der Waals surface area (Å²) in [6.45, 7) is 9.49. The molecule has 5 aromatic heterocycles. The highest BCUT2D eigenvalue weighted by molar-refractivity contribution is 7.27. The third-order valence-electron chi connectivity index (χ3n) is 14.2. The van der Waals surface area contributed by atoms with E-state index in [1.807, 2.05) is 54.6 Å². The fourth-order valence-electron chi connectivity index (χ4n) is 11.4. The van der Waals surface area contributed by atoms with Crippen LogP contribution in [0.3, 0.4) is 0 Å². The van der Waals surface area contributed by atoms with E-state index in [-0.39, 0.29) is 0 Å². The van der Waals surface area contributed by atoms with Gasteiger partial charge in [-0.05, 0) is 41.5 Å². The number of furan rings is 1. The number of aromatic nitrogens is 2. The van der Waals surface area contributed by atoms with Gasteiger partial charge in [-0.2, -0.15) is 5.26 Å². The maximum atomic E-state index is 12.0. The first-order valence-corrected chi connectivity index (χ1v) is 24.5. The maximum absolute atomic E-state index is 12.0. The first kappa shape index (κ1) is 38.2. The van der Waals surface area contributed by atoms with Gasteiger partial charge in [0.2, 0.25) is 5.69 Å². The number of nitrogens with zero attached hydrogens (tertiary/aromatic N) is 4. The summed E-state index contributed by atoms with van der Waals surface area (Å²) in [5, 5.41) is 23.0. The average molecular weight is 913 g/mol. The number of hydrogen-bond acceptors (Lipinski definition) is 4. The lowest BCUT2D eigenvalue weighted by atomic mass is 9.88. The van der Waals surface area contributed by atoms with Gasteiger partial charge >= 0.3 is 0 Å². The van der Waals surface area contributed by atoms with Gasteiger partial charge in [-0.15, -0.1) is 22.7 Å². The molecule has 318 valence electrons. The Balaban J connectivity index is 1.27. The Morgan fingerprint density at radius 1 is 0.435 bits per heavy atom. The molecule has 15 aromatic rings. The van der Waals surface area contributed by atoms with Gasteiger partial charge in [0, 0.05) is 74.4 Å². The minimum absolute atomic E-state index is 0.407. The molecule has 10 aromatic carbocycles. The molecule has 0 unspecified atom stereocenters. The minimum atomic E-state index is 0.407. The Morgan fingerprint density at radius 2 is 0.928 bits per heavy atom. The summed E-state index contributed by atoms with van der Waals surface area (Å²) >= 11 is 3.59. The van der Waals surface area contributed by atoms with Crippen molar-refractivity contribution in [2.45, 2.75) is 0 Å². The van der Waals surface area contributed by atoms with Gasteiger partial charge in [-0.25, -0.2) is 4.85 Å². The zero-order valence-electron chi connectivity index (χ0n) is 36.5. The highest BCUT2D eigenvalue weighted by Crippen LogP contribution is 2.55. The van der Waals surface area contributed by atoms with Gasteiger partial charge in [-0.3, -0.25) is 0 Å². The lowest BCUT2D eigenvalue weighted by Crippen LogP contribution is -2.09. The lowest BCUT2D eigenvalue weighted by molar-refractivity contribution is 0.671. The number of rotatable bonds is 4. The molecule has 0 fully saturated rings. The Morgan fingerprint density at radius 3 is 1.54 bits per heavy atom. The molecule has 5 nitrogen and oxygen atoms in total. The van der Waals surface area contributed by atoms with Crippen LogP contribution in [0.1, 0.15) is 5.56 Å². The molecule has 0 aliphatic heterocycles. The van der Waals surface area contributed by atoms with Gasteiger partial charge in [0.05, 0.1) is 55.0 Å². The van der Waals surface area contributed by atoms with Crippen LogP contribution in [0.5, 0.6) is 0 Å². The van der Waals surface area contributed by atoms with Crippen molar-refractivity contribution in [1.82, 2.24) is 9.13 Å². The van der Waals surface area contributed by atoms with Gasteiger partial charge in [0.25, 0.3) is 0 Å². The Labute approximate surface area is 401 Å². The fourth-order valence-corrected chi connectivity index (χ4v) is 13.8. The lowest BCUT2D eigenvalue weighted by Gasteiger charge is -2.26. The highest BCUT2D eigenvalue weighted by Gasteiger charge is 2.33. The monoisotopic (exact) mass is 912 g/mol. The van der Waals surface area contributed by atoms with Crippen molar-refractivity contribution in [3.63, 3.8) is 0 Å². The third kappa shape index (κ3) is 5.10. The van der Waals surface area contributed by atoms with E-state index in [0.29, 0.717) is 22.5 Å². The maximum Gasteiger partial charge on any atom is 0.220 e. The number of hydrogen-bond donors (Lipinski definition) is 0. The number of benzene rings is 10. The van der Waals surface area contributed by atoms with E-state index in [1.54, 1.807) is 22.7 Å². The van der Waals surface area contributed by atoms with Crippen LogP contribution >= 0.6 is 22.7 Å². The molecule has 0 amide bonds. The zero-order chi connectivity index (χ0) is 45.5. The molecule has 0 atom stereocenters. The number of fused-ring (bicyclic) bond motifs is 18. The number of nitriles is 1. The second-order valence-electron chi connectivity index (χ2n) is 17.6. The Kier molecular flexibility index (Phi) is 7.89. The molecule has 15 rings (SSSR count). The van der Waals surface area contributed by atoms with Crippen molar-refractivity contribution in [1.29, 1.82) is 5.26 Å². The van der Waals surface area contributed by atoms with Crippen LogP contribution < -0.4 is 0 Å². The normalized spacial score (nSPS) is 12.0. The second-order valence-corrected chi connectivity index (χ2v) is 19.7. The summed E-state index contributed by atoms with van der Waals surface area (Å²) in [7, 11) is 0. The van der Waals surface area contributed by atoms with Crippen LogP contribution in [0, 0.1) is 17.9 Å². The topological polar surface area (TPSA) is 51.1 Å². The van der Waals surface area contributed by atoms with Gasteiger partial charge in [0.1, 0.15) is 11.7 Å². The molecular formula is C62H32N4OS2. The molecule has 0 aliphatic carbocycles. The molecule has 0 N–H and O–H groups in total. The predicted octanol–water partition coefficient (Wildman–Crippen LogP) is 18.3. The summed E-state index contributed by atoms with van der Waals surface area (Å²) in [6, 6.07) is 70.6. The van der Waals surface area contributed by atoms with Crippen molar-refractivity contribution in [3.05, 3.63) is 211 Å². The highest BCUT2D eigenvalue weighted by atomic mass is 32.1. The van der Waals surface area contributed by atoms with Crippen LogP contribution in [0.25, 0.3) is 144 Å². The van der Waals surface area contributed by atoms with Crippen molar-refractivity contribution in [2.24, 2.45) is 0 Å². The SMILES string of the molecule is [C-]#[N+]c1c(-c2ccccc2)c(C#N)c(-n2c3ccccc3c3ccc4c5ccccc5oc4c32)c(-c2ccccc2)c1-n1c2c(ccc3c4ccccc4sc32)c2ccc3c4ccccc4sc3c21. The predicted molar refractivity (Wildman–Crippen MR) is 290 cm³/mol. The van der Waals surface area contributed by atoms with E-state index < -0.39 is 0 Å². The van der Waals surface area contributed by atoms with Gasteiger partial charge < -0.3 is 13.6 Å². The van der Waals surface area contributed by atoms with E-state index in [1.165, 1.54) is 20.2 Å². The summed E-state index contributed by atoms with van der Waals surface area (Å²) in [4.78, 5) is 4.64. The van der Waals surface area contributed by atoms with Crippen LogP contribution in [0.2, 0.25) is 0 Å². The molecule has 5 heterocycles.